The molecule has 0 aromatic heterocycles. The van der Waals surface area contributed by atoms with Crippen molar-refractivity contribution in [2.24, 2.45) is 17.2 Å². The molecule has 1 aliphatic rings. The van der Waals surface area contributed by atoms with E-state index < -0.39 is 124 Å². The number of carboxylic acid groups (broad SMARTS) is 3. The molecule has 8 aromatic rings. The highest BCUT2D eigenvalue weighted by Gasteiger charge is 2.36. The van der Waals surface area contributed by atoms with E-state index in [2.05, 4.69) is 0 Å². The molecule has 1 aliphatic carbocycles. The van der Waals surface area contributed by atoms with Gasteiger partial charge in [0.2, 0.25) is 0 Å². The molecule has 3 atom stereocenters. The summed E-state index contributed by atoms with van der Waals surface area (Å²) in [6, 6.07) is 31.7. The molecule has 8 aromatic carbocycles. The number of ketones is 3. The molecule has 476 valence electrons. The fourth-order valence-electron chi connectivity index (χ4n) is 7.20. The minimum Gasteiger partial charge on any atom is -0.508 e. The molecule has 0 aliphatic heterocycles. The lowest BCUT2D eigenvalue weighted by atomic mass is 9.82. The van der Waals surface area contributed by atoms with Crippen molar-refractivity contribution in [2.75, 3.05) is 0 Å². The molecule has 0 heterocycles. The summed E-state index contributed by atoms with van der Waals surface area (Å²) in [6.45, 7) is 1.99. The van der Waals surface area contributed by atoms with Crippen molar-refractivity contribution < 1.29 is 127 Å². The SMILES string of the molecule is CC(=O)c1cc(O)c2c(c1O)C(=O)c1ccccc1C2=O.NCc1cc(O)c(CN)cc1O.NCc1ccccc1O.O=C(O)c1cc(O)c(C(=O)O)cc1O.O=C(O)c1ccccc1O.O=S(O)c1cc(O)c(S(=O)O)cc1O.O=S(O)c1ccccc1O. The van der Waals surface area contributed by atoms with Crippen LogP contribution in [0.15, 0.2) is 154 Å². The maximum absolute atomic E-state index is 12.5. The highest BCUT2D eigenvalue weighted by Crippen LogP contribution is 2.40. The van der Waals surface area contributed by atoms with Crippen LogP contribution in [-0.2, 0) is 52.9 Å². The van der Waals surface area contributed by atoms with Gasteiger partial charge in [0.1, 0.15) is 94.6 Å². The minimum atomic E-state index is -2.46. The van der Waals surface area contributed by atoms with E-state index in [4.69, 9.17) is 81.9 Å². The number of benzene rings is 8. The molecule has 23 N–H and O–H groups in total. The van der Waals surface area contributed by atoms with Crippen LogP contribution >= 0.6 is 0 Å². The van der Waals surface area contributed by atoms with E-state index >= 15 is 0 Å². The maximum Gasteiger partial charge on any atom is 0.339 e. The van der Waals surface area contributed by atoms with Gasteiger partial charge in [0.15, 0.2) is 50.6 Å². The summed E-state index contributed by atoms with van der Waals surface area (Å²) < 4.78 is 57.2. The van der Waals surface area contributed by atoms with Crippen molar-refractivity contribution in [3.63, 3.8) is 0 Å². The number of carbonyl (C=O) groups is 6. The Balaban J connectivity index is 0.000000280. The molecule has 0 saturated heterocycles. The van der Waals surface area contributed by atoms with Gasteiger partial charge >= 0.3 is 17.9 Å². The van der Waals surface area contributed by atoms with E-state index in [1.807, 2.05) is 6.07 Å². The predicted molar refractivity (Wildman–Crippen MR) is 318 cm³/mol. The Labute approximate surface area is 515 Å². The Hall–Kier alpha value is -10.8. The van der Waals surface area contributed by atoms with Crippen LogP contribution in [0.4, 0.5) is 0 Å². The number of carbonyl (C=O) groups excluding carboxylic acids is 3. The van der Waals surface area contributed by atoms with E-state index in [0.717, 1.165) is 23.8 Å². The van der Waals surface area contributed by atoms with E-state index in [1.54, 1.807) is 54.6 Å². The van der Waals surface area contributed by atoms with Crippen molar-refractivity contribution in [1.82, 2.24) is 0 Å². The third-order valence-corrected chi connectivity index (χ3v) is 13.8. The summed E-state index contributed by atoms with van der Waals surface area (Å²) in [7, 11) is 0. The summed E-state index contributed by atoms with van der Waals surface area (Å²) in [5, 5.41) is 127. The van der Waals surface area contributed by atoms with Gasteiger partial charge in [-0.15, -0.1) is 0 Å². The van der Waals surface area contributed by atoms with Gasteiger partial charge in [0.25, 0.3) is 0 Å². The fourth-order valence-corrected chi connectivity index (χ4v) is 8.54. The van der Waals surface area contributed by atoms with Crippen LogP contribution in [0.3, 0.4) is 0 Å². The molecule has 90 heavy (non-hydrogen) atoms. The summed E-state index contributed by atoms with van der Waals surface area (Å²) in [4.78, 5) is 66.7. The van der Waals surface area contributed by atoms with Crippen LogP contribution in [0.5, 0.6) is 63.2 Å². The highest BCUT2D eigenvalue weighted by atomic mass is 32.2. The Kier molecular flexibility index (Phi) is 27.7. The largest absolute Gasteiger partial charge is 0.508 e. The number of hydrogen-bond donors (Lipinski definition) is 20. The fraction of sp³-hybridized carbons (Fsp3) is 0.0690. The summed E-state index contributed by atoms with van der Waals surface area (Å²) in [5.74, 6) is -9.28. The van der Waals surface area contributed by atoms with Gasteiger partial charge in [-0.25, -0.2) is 27.0 Å². The molecule has 29 nitrogen and oxygen atoms in total. The smallest absolute Gasteiger partial charge is 0.339 e. The third-order valence-electron chi connectivity index (χ3n) is 11.6. The number of phenols is 11. The highest BCUT2D eigenvalue weighted by molar-refractivity contribution is 7.80. The first-order valence-electron chi connectivity index (χ1n) is 24.7. The lowest BCUT2D eigenvalue weighted by Crippen LogP contribution is -2.22. The standard InChI is InChI=1S/C16H10O5.C8H12N2O2.C8H6O6.C7H9NO.C7H6O3.C6H6O6S2.C6H6O3S/c1-7(17)10-6-11(18)12-13(16(10)21)15(20)9-5-3-2-4-8(9)14(12)19;9-3-5-1-7(11)6(4-10)2-8(5)12;9-5-1-3(7(11)12)6(10)2-4(5)8(13)14;8-5-6-3-1-2-4-7(6)9;8-6-4-2-1-3-5(6)7(9)10;7-3-1-5(13(9)10)4(8)2-6(3)14(11)12;7-5-3-1-2-4-6(5)10(8)9/h2-6,18,21H,1H3;1-2,11-12H,3-4,9-10H2;1-2,9-10H,(H,11,12)(H,13,14);1-4,9H,5,8H2;1-4,8H,(H,9,10);1-2,7-8H,(H,9,10)(H,11,12);1-4,7H,(H,8,9). The van der Waals surface area contributed by atoms with Gasteiger partial charge < -0.3 is 102 Å². The molecule has 0 radical (unpaired) electrons. The second-order valence-corrected chi connectivity index (χ2v) is 20.3. The van der Waals surface area contributed by atoms with Crippen LogP contribution in [0.1, 0.15) is 96.9 Å². The molecular formula is C58H55N3O26S3. The third kappa shape index (κ3) is 19.6. The molecule has 9 rings (SSSR count). The Morgan fingerprint density at radius 1 is 0.356 bits per heavy atom. The van der Waals surface area contributed by atoms with Crippen molar-refractivity contribution >= 4 is 68.5 Å². The lowest BCUT2D eigenvalue weighted by Gasteiger charge is -2.20. The number of aromatic carboxylic acids is 3. The minimum absolute atomic E-state index is 0.0440. The average molecular weight is 1310 g/mol. The zero-order valence-electron chi connectivity index (χ0n) is 46.1. The van der Waals surface area contributed by atoms with Gasteiger partial charge in [-0.05, 0) is 67.6 Å². The normalized spacial score (nSPS) is 11.6. The molecule has 0 bridgehead atoms. The molecule has 3 unspecified atom stereocenters. The van der Waals surface area contributed by atoms with E-state index in [9.17, 15) is 61.8 Å². The first-order chi connectivity index (χ1) is 42.2. The Morgan fingerprint density at radius 3 is 1.04 bits per heavy atom. The number of phenolic OH excluding ortho intramolecular Hbond substituents is 8. The number of rotatable bonds is 10. The molecule has 0 amide bonds. The van der Waals surface area contributed by atoms with Crippen LogP contribution in [0, 0.1) is 0 Å². The quantitative estimate of drug-likeness (QED) is 0.0439. The number of nitrogens with two attached hydrogens (primary N) is 3. The van der Waals surface area contributed by atoms with Gasteiger partial charge in [-0.1, -0.05) is 66.7 Å². The van der Waals surface area contributed by atoms with Crippen molar-refractivity contribution in [2.45, 2.75) is 41.2 Å². The van der Waals surface area contributed by atoms with Crippen molar-refractivity contribution in [3.8, 4) is 63.2 Å². The van der Waals surface area contributed by atoms with E-state index in [0.29, 0.717) is 29.8 Å². The van der Waals surface area contributed by atoms with Gasteiger partial charge in [-0.3, -0.25) is 14.4 Å². The number of carboxylic acids is 3. The van der Waals surface area contributed by atoms with Crippen molar-refractivity contribution in [1.29, 1.82) is 0 Å². The topological polar surface area (TPSA) is 576 Å². The predicted octanol–water partition coefficient (Wildman–Crippen LogP) is 5.76. The average Bonchev–Trinajstić information content (AvgIpc) is 0.750. The number of Topliss-reactive ketones (excluding diaryl/α,β-unsaturated/α-hetero) is 1. The Morgan fingerprint density at radius 2 is 0.711 bits per heavy atom. The molecule has 0 fully saturated rings. The maximum atomic E-state index is 12.5. The summed E-state index contributed by atoms with van der Waals surface area (Å²) >= 11 is -7.02. The molecule has 0 saturated carbocycles. The zero-order valence-corrected chi connectivity index (χ0v) is 48.6. The monoisotopic (exact) mass is 1310 g/mol. The second kappa shape index (κ2) is 33.9. The lowest BCUT2D eigenvalue weighted by molar-refractivity contribution is 0.0675. The van der Waals surface area contributed by atoms with Crippen LogP contribution in [0.2, 0.25) is 0 Å². The van der Waals surface area contributed by atoms with Crippen LogP contribution in [0.25, 0.3) is 0 Å². The van der Waals surface area contributed by atoms with Gasteiger partial charge in [0, 0.05) is 59.6 Å². The first kappa shape index (κ1) is 73.4. The zero-order chi connectivity index (χ0) is 68.0. The van der Waals surface area contributed by atoms with Gasteiger partial charge in [0.05, 0.1) is 16.7 Å². The molecule has 32 heteroatoms. The van der Waals surface area contributed by atoms with Crippen LogP contribution < -0.4 is 17.2 Å². The molecule has 0 spiro atoms. The van der Waals surface area contributed by atoms with E-state index in [-0.39, 0.29) is 80.1 Å². The summed E-state index contributed by atoms with van der Waals surface area (Å²) in [6.07, 6.45) is 0. The number of hydrogen-bond acceptors (Lipinski definition) is 23. The van der Waals surface area contributed by atoms with Crippen LogP contribution in [-0.4, -0.2) is 133 Å². The molecular weight excluding hydrogens is 1250 g/mol. The van der Waals surface area contributed by atoms with Gasteiger partial charge in [-0.2, -0.15) is 0 Å². The van der Waals surface area contributed by atoms with Crippen molar-refractivity contribution in [3.05, 3.63) is 201 Å². The number of para-hydroxylation sites is 3. The number of aromatic hydroxyl groups is 11. The summed E-state index contributed by atoms with van der Waals surface area (Å²) in [5.41, 5.74) is 16.1. The second-order valence-electron chi connectivity index (χ2n) is 17.5. The Bertz CT molecular complexity index is 3820. The van der Waals surface area contributed by atoms with E-state index in [1.165, 1.54) is 55.5 Å². The first-order valence-corrected chi connectivity index (χ1v) is 28.0. The number of fused-ring (bicyclic) bond motifs is 2.